The van der Waals surface area contributed by atoms with E-state index < -0.39 is 0 Å². The van der Waals surface area contributed by atoms with Crippen LogP contribution in [-0.2, 0) is 0 Å². The summed E-state index contributed by atoms with van der Waals surface area (Å²) < 4.78 is 0. The first-order valence-electron chi connectivity index (χ1n) is 7.04. The topological polar surface area (TPSA) is 32.6 Å². The van der Waals surface area contributed by atoms with Crippen LogP contribution in [0.3, 0.4) is 0 Å². The summed E-state index contributed by atoms with van der Waals surface area (Å²) in [4.78, 5) is 0. The van der Waals surface area contributed by atoms with E-state index in [2.05, 4.69) is 39.8 Å². The Kier molecular flexibility index (Phi) is 8.56. The molecule has 17 heavy (non-hydrogen) atoms. The van der Waals surface area contributed by atoms with Crippen molar-refractivity contribution in [3.8, 4) is 0 Å². The Labute approximate surface area is 108 Å². The van der Waals surface area contributed by atoms with Crippen molar-refractivity contribution in [1.82, 2.24) is 0 Å². The standard InChI is InChI=1S/C11H21NO.2C2H6/c1-8-10(2,3)7-6-9(12-13)11(8,4)5;2*1-2/h8,13H,6-7H2,1-5H3;2*1-2H3/b12-9+;;. The van der Waals surface area contributed by atoms with E-state index in [4.69, 9.17) is 5.21 Å². The molecule has 1 rings (SSSR count). The molecule has 1 unspecified atom stereocenters. The molecule has 2 heteroatoms. The van der Waals surface area contributed by atoms with Gasteiger partial charge in [0.15, 0.2) is 0 Å². The average molecular weight is 243 g/mol. The molecule has 0 heterocycles. The van der Waals surface area contributed by atoms with Gasteiger partial charge < -0.3 is 5.21 Å². The Balaban J connectivity index is 0. The molecule has 0 bridgehead atoms. The van der Waals surface area contributed by atoms with Gasteiger partial charge in [0.25, 0.3) is 0 Å². The molecule has 1 atom stereocenters. The fraction of sp³-hybridized carbons (Fsp3) is 0.933. The second-order valence-corrected chi connectivity index (χ2v) is 5.48. The number of nitrogens with zero attached hydrogens (tertiary/aromatic N) is 1. The molecule has 0 spiro atoms. The molecule has 0 amide bonds. The van der Waals surface area contributed by atoms with Crippen LogP contribution in [0.15, 0.2) is 5.16 Å². The second-order valence-electron chi connectivity index (χ2n) is 5.48. The molecular formula is C15H33NO. The normalized spacial score (nSPS) is 27.4. The maximum atomic E-state index is 8.90. The molecule has 1 aliphatic rings. The first-order valence-corrected chi connectivity index (χ1v) is 7.04. The highest BCUT2D eigenvalue weighted by molar-refractivity contribution is 5.90. The maximum absolute atomic E-state index is 8.90. The average Bonchev–Trinajstić information content (AvgIpc) is 2.32. The fourth-order valence-corrected chi connectivity index (χ4v) is 2.38. The van der Waals surface area contributed by atoms with Gasteiger partial charge in [0, 0.05) is 5.41 Å². The van der Waals surface area contributed by atoms with E-state index in [0.29, 0.717) is 11.3 Å². The Morgan fingerprint density at radius 1 is 1.06 bits per heavy atom. The van der Waals surface area contributed by atoms with Crippen LogP contribution in [0.1, 0.15) is 75.2 Å². The molecule has 104 valence electrons. The minimum atomic E-state index is 0.0382. The minimum Gasteiger partial charge on any atom is -0.411 e. The Bertz CT molecular complexity index is 229. The number of oxime groups is 1. The summed E-state index contributed by atoms with van der Waals surface area (Å²) in [7, 11) is 0. The summed E-state index contributed by atoms with van der Waals surface area (Å²) in [6.07, 6.45) is 2.05. The van der Waals surface area contributed by atoms with E-state index in [1.54, 1.807) is 0 Å². The van der Waals surface area contributed by atoms with Crippen molar-refractivity contribution in [2.75, 3.05) is 0 Å². The van der Waals surface area contributed by atoms with Gasteiger partial charge in [-0.2, -0.15) is 0 Å². The van der Waals surface area contributed by atoms with Gasteiger partial charge in [-0.3, -0.25) is 0 Å². The molecule has 1 N–H and O–H groups in total. The van der Waals surface area contributed by atoms with Gasteiger partial charge in [0.05, 0.1) is 5.71 Å². The molecule has 0 radical (unpaired) electrons. The zero-order valence-corrected chi connectivity index (χ0v) is 13.4. The third kappa shape index (κ3) is 4.33. The van der Waals surface area contributed by atoms with Crippen molar-refractivity contribution in [3.05, 3.63) is 0 Å². The van der Waals surface area contributed by atoms with Crippen molar-refractivity contribution >= 4 is 5.71 Å². The van der Waals surface area contributed by atoms with Crippen LogP contribution in [0.4, 0.5) is 0 Å². The first kappa shape index (κ1) is 18.8. The first-order chi connectivity index (χ1) is 7.82. The van der Waals surface area contributed by atoms with E-state index >= 15 is 0 Å². The zero-order valence-electron chi connectivity index (χ0n) is 13.4. The number of rotatable bonds is 0. The highest BCUT2D eigenvalue weighted by Gasteiger charge is 2.44. The van der Waals surface area contributed by atoms with Gasteiger partial charge >= 0.3 is 0 Å². The van der Waals surface area contributed by atoms with Crippen LogP contribution in [-0.4, -0.2) is 10.9 Å². The minimum absolute atomic E-state index is 0.0382. The Morgan fingerprint density at radius 2 is 1.47 bits per heavy atom. The number of hydrogen-bond donors (Lipinski definition) is 1. The van der Waals surface area contributed by atoms with E-state index in [1.807, 2.05) is 27.7 Å². The summed E-state index contributed by atoms with van der Waals surface area (Å²) >= 11 is 0. The van der Waals surface area contributed by atoms with Crippen LogP contribution >= 0.6 is 0 Å². The van der Waals surface area contributed by atoms with Crippen LogP contribution in [0.25, 0.3) is 0 Å². The summed E-state index contributed by atoms with van der Waals surface area (Å²) in [5.41, 5.74) is 1.35. The van der Waals surface area contributed by atoms with Gasteiger partial charge in [-0.1, -0.05) is 67.5 Å². The van der Waals surface area contributed by atoms with Gasteiger partial charge in [0.2, 0.25) is 0 Å². The van der Waals surface area contributed by atoms with Crippen molar-refractivity contribution in [2.24, 2.45) is 21.9 Å². The predicted molar refractivity (Wildman–Crippen MR) is 77.9 cm³/mol. The van der Waals surface area contributed by atoms with Gasteiger partial charge in [0.1, 0.15) is 0 Å². The molecule has 1 saturated carbocycles. The quantitative estimate of drug-likeness (QED) is 0.451. The fourth-order valence-electron chi connectivity index (χ4n) is 2.38. The lowest BCUT2D eigenvalue weighted by Gasteiger charge is -2.47. The van der Waals surface area contributed by atoms with Crippen LogP contribution in [0.2, 0.25) is 0 Å². The van der Waals surface area contributed by atoms with Crippen molar-refractivity contribution in [2.45, 2.75) is 75.2 Å². The van der Waals surface area contributed by atoms with Crippen LogP contribution in [0.5, 0.6) is 0 Å². The van der Waals surface area contributed by atoms with Gasteiger partial charge in [-0.15, -0.1) is 0 Å². The SMILES string of the molecule is CC.CC.CC1C(C)(C)CC/C(=N\O)C1(C)C. The second kappa shape index (κ2) is 7.73. The summed E-state index contributed by atoms with van der Waals surface area (Å²) in [6, 6.07) is 0. The molecule has 1 aliphatic carbocycles. The summed E-state index contributed by atoms with van der Waals surface area (Å²) in [6.45, 7) is 19.2. The highest BCUT2D eigenvalue weighted by atomic mass is 16.4. The molecule has 0 aliphatic heterocycles. The molecule has 0 aromatic rings. The Morgan fingerprint density at radius 3 is 1.82 bits per heavy atom. The molecular weight excluding hydrogens is 210 g/mol. The lowest BCUT2D eigenvalue weighted by atomic mass is 9.57. The van der Waals surface area contributed by atoms with E-state index in [0.717, 1.165) is 18.6 Å². The molecule has 0 aromatic carbocycles. The van der Waals surface area contributed by atoms with Crippen molar-refractivity contribution < 1.29 is 5.21 Å². The summed E-state index contributed by atoms with van der Waals surface area (Å²) in [5.74, 6) is 0.555. The predicted octanol–water partition coefficient (Wildman–Crippen LogP) is 5.35. The van der Waals surface area contributed by atoms with Crippen LogP contribution in [0, 0.1) is 16.7 Å². The molecule has 0 saturated heterocycles. The monoisotopic (exact) mass is 243 g/mol. The van der Waals surface area contributed by atoms with Crippen LogP contribution < -0.4 is 0 Å². The van der Waals surface area contributed by atoms with E-state index in [1.165, 1.54) is 0 Å². The number of hydrogen-bond acceptors (Lipinski definition) is 2. The van der Waals surface area contributed by atoms with Crippen molar-refractivity contribution in [1.29, 1.82) is 0 Å². The highest BCUT2D eigenvalue weighted by Crippen LogP contribution is 2.48. The van der Waals surface area contributed by atoms with Crippen molar-refractivity contribution in [3.63, 3.8) is 0 Å². The van der Waals surface area contributed by atoms with Gasteiger partial charge in [-0.05, 0) is 24.2 Å². The van der Waals surface area contributed by atoms with E-state index in [-0.39, 0.29) is 5.41 Å². The Hall–Kier alpha value is -0.530. The lowest BCUT2D eigenvalue weighted by Crippen LogP contribution is -2.44. The molecule has 0 aromatic heterocycles. The maximum Gasteiger partial charge on any atom is 0.0629 e. The van der Waals surface area contributed by atoms with Gasteiger partial charge in [-0.25, -0.2) is 0 Å². The summed E-state index contributed by atoms with van der Waals surface area (Å²) in [5, 5.41) is 12.3. The third-order valence-electron chi connectivity index (χ3n) is 4.13. The third-order valence-corrected chi connectivity index (χ3v) is 4.13. The van der Waals surface area contributed by atoms with E-state index in [9.17, 15) is 0 Å². The molecule has 2 nitrogen and oxygen atoms in total. The largest absolute Gasteiger partial charge is 0.411 e. The smallest absolute Gasteiger partial charge is 0.0629 e. The zero-order chi connectivity index (χ0) is 14.3. The molecule has 1 fully saturated rings. The lowest BCUT2D eigenvalue weighted by molar-refractivity contribution is 0.103.